The number of fused-ring (bicyclic) bond motifs is 5. The maximum atomic E-state index is 11.9. The smallest absolute Gasteiger partial charge is 0.297 e. The minimum atomic E-state index is -0.366. The molecule has 2 aromatic rings. The third kappa shape index (κ3) is 2.63. The zero-order valence-corrected chi connectivity index (χ0v) is 16.7. The van der Waals surface area contributed by atoms with Crippen LogP contribution in [0.2, 0.25) is 5.02 Å². The molecule has 0 aromatic heterocycles. The molecule has 136 valence electrons. The van der Waals surface area contributed by atoms with Crippen LogP contribution < -0.4 is 5.73 Å². The first-order valence-electron chi connectivity index (χ1n) is 8.62. The Labute approximate surface area is 165 Å². The minimum absolute atomic E-state index is 0.0226. The molecule has 0 saturated carbocycles. The van der Waals surface area contributed by atoms with Crippen molar-refractivity contribution in [2.75, 3.05) is 19.3 Å². The molecule has 0 unspecified atom stereocenters. The van der Waals surface area contributed by atoms with Gasteiger partial charge in [-0.05, 0) is 55.1 Å². The third-order valence-corrected chi connectivity index (χ3v) is 6.83. The number of nitrogens with two attached hydrogens (primary N) is 1. The molecule has 0 saturated heterocycles. The fraction of sp³-hybridized carbons (Fsp3) is 0.368. The lowest BCUT2D eigenvalue weighted by molar-refractivity contribution is -0.384. The van der Waals surface area contributed by atoms with Gasteiger partial charge in [0.1, 0.15) is 5.69 Å². The molecule has 1 aliphatic carbocycles. The van der Waals surface area contributed by atoms with Crippen molar-refractivity contribution in [1.29, 1.82) is 0 Å². The molecule has 0 radical (unpaired) electrons. The first kappa shape index (κ1) is 17.8. The van der Waals surface area contributed by atoms with Gasteiger partial charge in [-0.3, -0.25) is 10.1 Å². The highest BCUT2D eigenvalue weighted by molar-refractivity contribution is 9.10. The number of halogens is 2. The molecule has 1 heterocycles. The van der Waals surface area contributed by atoms with Gasteiger partial charge in [-0.25, -0.2) is 0 Å². The number of hydrogen-bond acceptors (Lipinski definition) is 4. The van der Waals surface area contributed by atoms with Crippen LogP contribution in [0.5, 0.6) is 0 Å². The molecule has 1 aliphatic heterocycles. The van der Waals surface area contributed by atoms with E-state index in [-0.39, 0.29) is 33.3 Å². The number of nitro groups is 1. The predicted molar refractivity (Wildman–Crippen MR) is 107 cm³/mol. The number of nitrogens with zero attached hydrogens (tertiary/aromatic N) is 2. The molecule has 4 rings (SSSR count). The summed E-state index contributed by atoms with van der Waals surface area (Å²) >= 11 is 9.89. The monoisotopic (exact) mass is 435 g/mol. The molecule has 2 atom stereocenters. The average molecular weight is 437 g/mol. The highest BCUT2D eigenvalue weighted by Gasteiger charge is 2.42. The van der Waals surface area contributed by atoms with Gasteiger partial charge >= 0.3 is 0 Å². The van der Waals surface area contributed by atoms with Gasteiger partial charge in [-0.1, -0.05) is 39.7 Å². The summed E-state index contributed by atoms with van der Waals surface area (Å²) in [6.07, 6.45) is 2.63. The van der Waals surface area contributed by atoms with Crippen LogP contribution in [0.3, 0.4) is 0 Å². The van der Waals surface area contributed by atoms with E-state index < -0.39 is 0 Å². The van der Waals surface area contributed by atoms with Gasteiger partial charge in [0.15, 0.2) is 0 Å². The third-order valence-electron chi connectivity index (χ3n) is 5.77. The van der Waals surface area contributed by atoms with E-state index in [2.05, 4.69) is 33.9 Å². The van der Waals surface area contributed by atoms with Gasteiger partial charge in [0.25, 0.3) is 5.69 Å². The molecule has 2 aromatic carbocycles. The summed E-state index contributed by atoms with van der Waals surface area (Å²) in [6, 6.07) is 8.15. The van der Waals surface area contributed by atoms with Crippen molar-refractivity contribution in [1.82, 2.24) is 4.90 Å². The van der Waals surface area contributed by atoms with Crippen molar-refractivity contribution in [3.8, 4) is 0 Å². The van der Waals surface area contributed by atoms with E-state index in [9.17, 15) is 10.1 Å². The maximum absolute atomic E-state index is 11.9. The van der Waals surface area contributed by atoms with Crippen LogP contribution in [0.25, 0.3) is 0 Å². The Morgan fingerprint density at radius 1 is 1.38 bits per heavy atom. The molecule has 5 nitrogen and oxygen atoms in total. The minimum Gasteiger partial charge on any atom is -0.392 e. The normalized spacial score (nSPS) is 22.1. The van der Waals surface area contributed by atoms with Crippen molar-refractivity contribution in [2.24, 2.45) is 0 Å². The van der Waals surface area contributed by atoms with Gasteiger partial charge in [-0.2, -0.15) is 0 Å². The van der Waals surface area contributed by atoms with Crippen molar-refractivity contribution in [3.63, 3.8) is 0 Å². The molecule has 0 bridgehead atoms. The lowest BCUT2D eigenvalue weighted by Crippen LogP contribution is -2.39. The van der Waals surface area contributed by atoms with Crippen molar-refractivity contribution < 1.29 is 4.92 Å². The van der Waals surface area contributed by atoms with E-state index in [1.54, 1.807) is 0 Å². The van der Waals surface area contributed by atoms with Gasteiger partial charge in [0, 0.05) is 28.5 Å². The second kappa shape index (κ2) is 6.51. The molecule has 7 heteroatoms. The molecule has 2 aliphatic rings. The zero-order valence-electron chi connectivity index (χ0n) is 14.3. The lowest BCUT2D eigenvalue weighted by atomic mass is 9.74. The van der Waals surface area contributed by atoms with Crippen LogP contribution in [-0.2, 0) is 12.8 Å². The Hall–Kier alpha value is -1.63. The first-order chi connectivity index (χ1) is 12.4. The summed E-state index contributed by atoms with van der Waals surface area (Å²) in [5.41, 5.74) is 10.2. The highest BCUT2D eigenvalue weighted by Crippen LogP contribution is 2.49. The van der Waals surface area contributed by atoms with Crippen LogP contribution >= 0.6 is 27.5 Å². The van der Waals surface area contributed by atoms with Gasteiger partial charge < -0.3 is 10.6 Å². The van der Waals surface area contributed by atoms with Crippen molar-refractivity contribution in [3.05, 3.63) is 66.1 Å². The quantitative estimate of drug-likeness (QED) is 0.405. The Balaban J connectivity index is 2.06. The van der Waals surface area contributed by atoms with Gasteiger partial charge in [0.2, 0.25) is 0 Å². The number of nitrogen functional groups attached to an aromatic ring is 1. The van der Waals surface area contributed by atoms with E-state index in [4.69, 9.17) is 17.3 Å². The van der Waals surface area contributed by atoms with Gasteiger partial charge in [0.05, 0.1) is 9.95 Å². The van der Waals surface area contributed by atoms with Crippen molar-refractivity contribution in [2.45, 2.75) is 31.2 Å². The number of rotatable bonds is 1. The molecule has 26 heavy (non-hydrogen) atoms. The van der Waals surface area contributed by atoms with E-state index >= 15 is 0 Å². The standard InChI is InChI=1S/C19H19BrClN3O2/c1-23-8-7-10-9-14(21)18(22)19(24(25)26)16(10)17-12-3-2-4-13(20)11(12)5-6-15(17)23/h2-4,9,15,17H,5-8,22H2,1H3/t15-,17-/m0/s1. The molecule has 0 spiro atoms. The van der Waals surface area contributed by atoms with Gasteiger partial charge in [-0.15, -0.1) is 0 Å². The topological polar surface area (TPSA) is 72.4 Å². The van der Waals surface area contributed by atoms with Crippen molar-refractivity contribution >= 4 is 38.9 Å². The number of likely N-dealkylation sites (N-methyl/N-ethyl adjacent to an activating group) is 1. The number of nitro benzene ring substituents is 1. The summed E-state index contributed by atoms with van der Waals surface area (Å²) in [6.45, 7) is 0.842. The number of hydrogen-bond donors (Lipinski definition) is 1. The van der Waals surface area contributed by atoms with Crippen LogP contribution in [0.1, 0.15) is 34.6 Å². The molecule has 0 amide bonds. The summed E-state index contributed by atoms with van der Waals surface area (Å²) in [5, 5.41) is 12.2. The summed E-state index contributed by atoms with van der Waals surface area (Å²) in [7, 11) is 2.10. The largest absolute Gasteiger partial charge is 0.392 e. The highest BCUT2D eigenvalue weighted by atomic mass is 79.9. The van der Waals surface area contributed by atoms with E-state index in [1.165, 1.54) is 5.56 Å². The first-order valence-corrected chi connectivity index (χ1v) is 9.80. The fourth-order valence-electron chi connectivity index (χ4n) is 4.55. The van der Waals surface area contributed by atoms with Crippen LogP contribution in [-0.4, -0.2) is 29.5 Å². The number of anilines is 1. The summed E-state index contributed by atoms with van der Waals surface area (Å²) < 4.78 is 1.06. The molecular weight excluding hydrogens is 418 g/mol. The number of benzene rings is 2. The van der Waals surface area contributed by atoms with E-state index in [0.29, 0.717) is 0 Å². The van der Waals surface area contributed by atoms with E-state index in [1.807, 2.05) is 18.2 Å². The fourth-order valence-corrected chi connectivity index (χ4v) is 5.35. The SMILES string of the molecule is CN1CCc2cc(Cl)c(N)c([N+](=O)[O-])c2[C@H]2c3cccc(Br)c3CC[C@@H]21. The zero-order chi connectivity index (χ0) is 18.6. The summed E-state index contributed by atoms with van der Waals surface area (Å²) in [5.74, 6) is -0.0845. The second-order valence-corrected chi connectivity index (χ2v) is 8.33. The predicted octanol–water partition coefficient (Wildman–Crippen LogP) is 4.53. The molecule has 0 fully saturated rings. The maximum Gasteiger partial charge on any atom is 0.297 e. The van der Waals surface area contributed by atoms with Crippen LogP contribution in [0, 0.1) is 10.1 Å². The Bertz CT molecular complexity index is 918. The van der Waals surface area contributed by atoms with Crippen LogP contribution in [0.4, 0.5) is 11.4 Å². The lowest BCUT2D eigenvalue weighted by Gasteiger charge is -2.38. The Morgan fingerprint density at radius 3 is 2.88 bits per heavy atom. The van der Waals surface area contributed by atoms with Crippen LogP contribution in [0.15, 0.2) is 28.7 Å². The average Bonchev–Trinajstić information content (AvgIpc) is 2.74. The Morgan fingerprint density at radius 2 is 2.15 bits per heavy atom. The molecule has 2 N–H and O–H groups in total. The second-order valence-electron chi connectivity index (χ2n) is 7.07. The van der Waals surface area contributed by atoms with E-state index in [0.717, 1.165) is 47.0 Å². The Kier molecular flexibility index (Phi) is 4.45. The molecular formula is C19H19BrClN3O2. The summed E-state index contributed by atoms with van der Waals surface area (Å²) in [4.78, 5) is 13.9.